The van der Waals surface area contributed by atoms with Crippen molar-refractivity contribution < 1.29 is 0 Å². The third kappa shape index (κ3) is 4.16. The predicted molar refractivity (Wildman–Crippen MR) is 166 cm³/mol. The maximum atomic E-state index is 2.47. The molecule has 0 spiro atoms. The summed E-state index contributed by atoms with van der Waals surface area (Å²) < 4.78 is 7.96. The molecule has 0 atom stereocenters. The number of anilines is 2. The second-order valence-corrected chi connectivity index (χ2v) is 11.4. The van der Waals surface area contributed by atoms with Gasteiger partial charge in [0.1, 0.15) is 13.1 Å². The molecule has 5 rings (SSSR count). The average Bonchev–Trinajstić information content (AvgIpc) is 2.90. The first kappa shape index (κ1) is 25.0. The lowest BCUT2D eigenvalue weighted by Crippen LogP contribution is -2.28. The molecule has 0 aliphatic rings. The third-order valence-electron chi connectivity index (χ3n) is 7.60. The number of benzene rings is 3. The number of hydrogen-bond donors (Lipinski definition) is 0. The molecule has 188 valence electrons. The van der Waals surface area contributed by atoms with E-state index in [0.717, 1.165) is 39.3 Å². The maximum absolute atomic E-state index is 2.47. The van der Waals surface area contributed by atoms with Crippen LogP contribution >= 0.6 is 22.7 Å². The largest absolute Gasteiger partial charge is 0.372 e. The van der Waals surface area contributed by atoms with Crippen molar-refractivity contribution >= 4 is 74.4 Å². The molecule has 3 aromatic carbocycles. The van der Waals surface area contributed by atoms with Crippen LogP contribution < -0.4 is 19.7 Å². The Bertz CT molecular complexity index is 1610. The second kappa shape index (κ2) is 10.4. The molecule has 2 aromatic heterocycles. The van der Waals surface area contributed by atoms with E-state index in [1.807, 2.05) is 22.7 Å². The van der Waals surface area contributed by atoms with Crippen LogP contribution in [0.4, 0.5) is 11.4 Å². The van der Waals surface area contributed by atoms with E-state index in [0.29, 0.717) is 0 Å². The van der Waals surface area contributed by atoms with Crippen LogP contribution in [0.25, 0.3) is 40.3 Å². The van der Waals surface area contributed by atoms with Crippen molar-refractivity contribution in [3.63, 3.8) is 0 Å². The quantitative estimate of drug-likeness (QED) is 0.118. The average molecular weight is 517 g/mol. The zero-order valence-corrected chi connectivity index (χ0v) is 24.2. The van der Waals surface area contributed by atoms with Crippen LogP contribution in [0.1, 0.15) is 41.5 Å². The third-order valence-corrected chi connectivity index (χ3v) is 9.79. The smallest absolute Gasteiger partial charge is 0.201 e. The minimum Gasteiger partial charge on any atom is -0.372 e. The molecule has 5 aromatic rings. The van der Waals surface area contributed by atoms with Crippen LogP contribution in [0.15, 0.2) is 48.5 Å². The van der Waals surface area contributed by atoms with Crippen molar-refractivity contribution in [1.82, 2.24) is 4.58 Å². The van der Waals surface area contributed by atoms with Crippen molar-refractivity contribution in [1.29, 1.82) is 0 Å². The van der Waals surface area contributed by atoms with Gasteiger partial charge in [0.05, 0.1) is 0 Å². The van der Waals surface area contributed by atoms with Crippen molar-refractivity contribution in [2.75, 3.05) is 49.1 Å². The van der Waals surface area contributed by atoms with Gasteiger partial charge in [-0.15, -0.1) is 22.7 Å². The van der Waals surface area contributed by atoms with Crippen LogP contribution in [0.2, 0.25) is 0 Å². The highest BCUT2D eigenvalue weighted by molar-refractivity contribution is 7.28. The van der Waals surface area contributed by atoms with E-state index in [9.17, 15) is 0 Å². The molecule has 36 heavy (non-hydrogen) atoms. The maximum Gasteiger partial charge on any atom is 0.201 e. The molecular weight excluding hydrogens is 478 g/mol. The van der Waals surface area contributed by atoms with E-state index < -0.39 is 0 Å². The van der Waals surface area contributed by atoms with Gasteiger partial charge in [-0.2, -0.15) is 0 Å². The first-order valence-corrected chi connectivity index (χ1v) is 15.1. The van der Waals surface area contributed by atoms with Crippen LogP contribution in [-0.2, 0) is 0 Å². The van der Waals surface area contributed by atoms with Gasteiger partial charge in [0.25, 0.3) is 0 Å². The number of rotatable bonds is 8. The summed E-state index contributed by atoms with van der Waals surface area (Å²) >= 11 is 3.90. The van der Waals surface area contributed by atoms with Gasteiger partial charge in [-0.05, 0) is 71.9 Å². The summed E-state index contributed by atoms with van der Waals surface area (Å²) in [5.41, 5.74) is 2.65. The van der Waals surface area contributed by atoms with Gasteiger partial charge in [0, 0.05) is 90.0 Å². The lowest BCUT2D eigenvalue weighted by atomic mass is 10.0. The van der Waals surface area contributed by atoms with Gasteiger partial charge in [-0.1, -0.05) is 6.07 Å². The van der Waals surface area contributed by atoms with Crippen molar-refractivity contribution in [3.05, 3.63) is 53.9 Å². The van der Waals surface area contributed by atoms with Gasteiger partial charge in [-0.3, -0.25) is 0 Å². The first-order chi connectivity index (χ1) is 17.6. The molecule has 0 fully saturated rings. The Morgan fingerprint density at radius 1 is 0.556 bits per heavy atom. The van der Waals surface area contributed by atoms with E-state index in [-0.39, 0.29) is 0 Å². The monoisotopic (exact) mass is 516 g/mol. The molecule has 0 aliphatic heterocycles. The fraction of sp³-hybridized carbons (Fsp3) is 0.387. The molecule has 0 saturated carbocycles. The Kier molecular flexibility index (Phi) is 7.23. The van der Waals surface area contributed by atoms with Crippen LogP contribution in [-0.4, -0.2) is 39.3 Å². The van der Waals surface area contributed by atoms with E-state index in [2.05, 4.69) is 104 Å². The summed E-state index contributed by atoms with van der Waals surface area (Å²) in [6, 6.07) is 19.1. The number of nitrogens with zero attached hydrogens (tertiary/aromatic N) is 3. The zero-order chi connectivity index (χ0) is 25.4. The van der Waals surface area contributed by atoms with Crippen LogP contribution in [0.3, 0.4) is 0 Å². The predicted octanol–water partition coefficient (Wildman–Crippen LogP) is 7.93. The topological polar surface area (TPSA) is 9.49 Å². The van der Waals surface area contributed by atoms with Gasteiger partial charge < -0.3 is 9.80 Å². The standard InChI is InChI=1S/C31H38N3S2/c1-7-32(8-2)21-13-15-24-26(17-21)35-28-19-23(34(11-5)12-6)20-29-31(28)30(24)25-16-14-22(18-27(25)36-29)33(9-3)10-4/h13-20H,7-12H2,1-6H3/q+1. The van der Waals surface area contributed by atoms with Crippen molar-refractivity contribution in [2.45, 2.75) is 41.5 Å². The Labute approximate surface area is 222 Å². The van der Waals surface area contributed by atoms with Gasteiger partial charge in [0.15, 0.2) is 0 Å². The molecule has 0 amide bonds. The Morgan fingerprint density at radius 2 is 1.06 bits per heavy atom. The summed E-state index contributed by atoms with van der Waals surface area (Å²) in [7, 11) is 0. The molecule has 0 unspecified atom stereocenters. The minimum absolute atomic E-state index is 1.02. The lowest BCUT2D eigenvalue weighted by Gasteiger charge is -2.23. The molecule has 0 aliphatic carbocycles. The minimum atomic E-state index is 1.02. The molecule has 0 radical (unpaired) electrons. The summed E-state index contributed by atoms with van der Waals surface area (Å²) in [5.74, 6) is 0. The van der Waals surface area contributed by atoms with Crippen molar-refractivity contribution in [3.8, 4) is 0 Å². The number of fused-ring (bicyclic) bond motifs is 4. The second-order valence-electron chi connectivity index (χ2n) is 9.27. The van der Waals surface area contributed by atoms with E-state index in [4.69, 9.17) is 0 Å². The highest BCUT2D eigenvalue weighted by atomic mass is 32.1. The summed E-state index contributed by atoms with van der Waals surface area (Å²) in [6.45, 7) is 19.6. The molecular formula is C31H38N3S2+. The van der Waals surface area contributed by atoms with Gasteiger partial charge in [0.2, 0.25) is 5.36 Å². The highest BCUT2D eigenvalue weighted by Crippen LogP contribution is 2.45. The lowest BCUT2D eigenvalue weighted by molar-refractivity contribution is 0.627. The fourth-order valence-electron chi connectivity index (χ4n) is 5.58. The van der Waals surface area contributed by atoms with Crippen LogP contribution in [0, 0.1) is 0 Å². The number of hydrogen-bond acceptors (Lipinski definition) is 4. The Morgan fingerprint density at radius 3 is 1.61 bits per heavy atom. The van der Waals surface area contributed by atoms with Crippen LogP contribution in [0.5, 0.6) is 0 Å². The van der Waals surface area contributed by atoms with Gasteiger partial charge >= 0.3 is 0 Å². The highest BCUT2D eigenvalue weighted by Gasteiger charge is 2.17. The summed E-state index contributed by atoms with van der Waals surface area (Å²) in [4.78, 5) is 4.92. The fourth-order valence-corrected chi connectivity index (χ4v) is 8.03. The first-order valence-electron chi connectivity index (χ1n) is 13.5. The van der Waals surface area contributed by atoms with Crippen molar-refractivity contribution in [2.24, 2.45) is 0 Å². The Hall–Kier alpha value is -2.63. The van der Waals surface area contributed by atoms with E-state index in [1.54, 1.807) is 0 Å². The zero-order valence-electron chi connectivity index (χ0n) is 22.5. The molecule has 2 heterocycles. The normalized spacial score (nSPS) is 11.7. The Balaban J connectivity index is 1.95. The molecule has 0 saturated heterocycles. The molecule has 5 heteroatoms. The van der Waals surface area contributed by atoms with E-state index >= 15 is 0 Å². The summed E-state index contributed by atoms with van der Waals surface area (Å²) in [6.07, 6.45) is 0. The SMILES string of the molecule is CCN(CC)c1ccc2c(c1)sc1cc(N(CC)CC)cc3sc4cc(=[N+](CC)CC)ccc4c2c13. The van der Waals surface area contributed by atoms with Gasteiger partial charge in [-0.25, -0.2) is 4.58 Å². The van der Waals surface area contributed by atoms with E-state index in [1.165, 1.54) is 57.1 Å². The molecule has 3 nitrogen and oxygen atoms in total. The molecule has 0 bridgehead atoms. The molecule has 0 N–H and O–H groups in total. The summed E-state index contributed by atoms with van der Waals surface area (Å²) in [5, 5.41) is 6.89.